The van der Waals surface area contributed by atoms with Crippen molar-refractivity contribution in [2.45, 2.75) is 52.0 Å². The second kappa shape index (κ2) is 8.13. The van der Waals surface area contributed by atoms with Gasteiger partial charge in [0.15, 0.2) is 0 Å². The molecule has 0 atom stereocenters. The van der Waals surface area contributed by atoms with Crippen LogP contribution in [0.1, 0.15) is 46.0 Å². The van der Waals surface area contributed by atoms with Crippen molar-refractivity contribution >= 4 is 11.9 Å². The Bertz CT molecular complexity index is 554. The number of nitrogens with zero attached hydrogens (tertiary/aromatic N) is 3. The zero-order valence-corrected chi connectivity index (χ0v) is 15.5. The number of rotatable bonds is 6. The van der Waals surface area contributed by atoms with Crippen LogP contribution in [0.25, 0.3) is 0 Å². The Morgan fingerprint density at radius 1 is 1.24 bits per heavy atom. The molecule has 1 aromatic rings. The summed E-state index contributed by atoms with van der Waals surface area (Å²) < 4.78 is 0. The van der Waals surface area contributed by atoms with E-state index in [0.717, 1.165) is 51.9 Å². The highest BCUT2D eigenvalue weighted by Gasteiger charge is 2.29. The molecule has 0 spiro atoms. The molecular weight excluding hydrogens is 314 g/mol. The van der Waals surface area contributed by atoms with Crippen LogP contribution in [0.5, 0.6) is 0 Å². The van der Waals surface area contributed by atoms with E-state index in [1.807, 2.05) is 6.07 Å². The molecule has 2 fully saturated rings. The molecule has 1 aromatic heterocycles. The highest BCUT2D eigenvalue weighted by atomic mass is 16.1. The van der Waals surface area contributed by atoms with E-state index in [1.54, 1.807) is 12.4 Å². The predicted octanol–water partition coefficient (Wildman–Crippen LogP) is 2.30. The Labute approximate surface area is 150 Å². The lowest BCUT2D eigenvalue weighted by Gasteiger charge is -2.28. The molecule has 2 N–H and O–H groups in total. The number of hydrogen-bond acceptors (Lipinski definition) is 5. The van der Waals surface area contributed by atoms with Crippen molar-refractivity contribution in [3.8, 4) is 0 Å². The van der Waals surface area contributed by atoms with Crippen LogP contribution in [-0.2, 0) is 4.79 Å². The van der Waals surface area contributed by atoms with Gasteiger partial charge in [-0.25, -0.2) is 9.97 Å². The van der Waals surface area contributed by atoms with Gasteiger partial charge in [0, 0.05) is 44.0 Å². The molecule has 2 heterocycles. The van der Waals surface area contributed by atoms with Crippen molar-refractivity contribution in [1.29, 1.82) is 0 Å². The van der Waals surface area contributed by atoms with Crippen LogP contribution in [0.4, 0.5) is 5.95 Å². The van der Waals surface area contributed by atoms with E-state index < -0.39 is 0 Å². The Kier molecular flexibility index (Phi) is 5.89. The average Bonchev–Trinajstić information content (AvgIpc) is 2.95. The molecule has 1 saturated carbocycles. The molecule has 1 amide bonds. The van der Waals surface area contributed by atoms with Crippen molar-refractivity contribution in [3.63, 3.8) is 0 Å². The normalized spacial score (nSPS) is 26.3. The summed E-state index contributed by atoms with van der Waals surface area (Å²) in [6.07, 6.45) is 8.61. The van der Waals surface area contributed by atoms with Crippen LogP contribution in [0.2, 0.25) is 0 Å². The third kappa shape index (κ3) is 5.39. The maximum Gasteiger partial charge on any atom is 0.223 e. The maximum absolute atomic E-state index is 12.4. The summed E-state index contributed by atoms with van der Waals surface area (Å²) in [6, 6.07) is 2.19. The quantitative estimate of drug-likeness (QED) is 0.828. The van der Waals surface area contributed by atoms with Crippen molar-refractivity contribution in [2.75, 3.05) is 31.5 Å². The second-order valence-electron chi connectivity index (χ2n) is 8.25. The molecule has 0 bridgehead atoms. The molecule has 25 heavy (non-hydrogen) atoms. The van der Waals surface area contributed by atoms with Gasteiger partial charge in [-0.05, 0) is 50.1 Å². The van der Waals surface area contributed by atoms with E-state index in [-0.39, 0.29) is 11.8 Å². The van der Waals surface area contributed by atoms with Crippen molar-refractivity contribution in [1.82, 2.24) is 20.2 Å². The highest BCUT2D eigenvalue weighted by molar-refractivity contribution is 5.78. The van der Waals surface area contributed by atoms with Gasteiger partial charge < -0.3 is 15.5 Å². The number of hydrogen-bond donors (Lipinski definition) is 2. The van der Waals surface area contributed by atoms with Gasteiger partial charge in [-0.2, -0.15) is 0 Å². The fourth-order valence-corrected chi connectivity index (χ4v) is 3.95. The minimum Gasteiger partial charge on any atom is -0.355 e. The van der Waals surface area contributed by atoms with Crippen LogP contribution in [0.15, 0.2) is 18.5 Å². The first kappa shape index (κ1) is 18.1. The van der Waals surface area contributed by atoms with E-state index in [4.69, 9.17) is 0 Å². The fraction of sp³-hybridized carbons (Fsp3) is 0.737. The smallest absolute Gasteiger partial charge is 0.223 e. The van der Waals surface area contributed by atoms with Gasteiger partial charge in [0.25, 0.3) is 0 Å². The summed E-state index contributed by atoms with van der Waals surface area (Å²) in [5.41, 5.74) is 0.428. The van der Waals surface area contributed by atoms with Crippen molar-refractivity contribution in [3.05, 3.63) is 18.5 Å². The lowest BCUT2D eigenvalue weighted by Crippen LogP contribution is -2.39. The molecule has 6 nitrogen and oxygen atoms in total. The molecule has 6 heteroatoms. The third-order valence-corrected chi connectivity index (χ3v) is 5.48. The summed E-state index contributed by atoms with van der Waals surface area (Å²) in [4.78, 5) is 23.3. The minimum absolute atomic E-state index is 0.157. The first-order valence-electron chi connectivity index (χ1n) is 9.55. The lowest BCUT2D eigenvalue weighted by atomic mass is 9.85. The van der Waals surface area contributed by atoms with E-state index in [1.165, 1.54) is 6.42 Å². The fourth-order valence-electron chi connectivity index (χ4n) is 3.95. The number of carbonyl (C=O) groups excluding carboxylic acids is 1. The Hall–Kier alpha value is -1.69. The van der Waals surface area contributed by atoms with Gasteiger partial charge in [-0.15, -0.1) is 0 Å². The summed E-state index contributed by atoms with van der Waals surface area (Å²) in [5.74, 6) is 1.07. The van der Waals surface area contributed by atoms with Crippen molar-refractivity contribution in [2.24, 2.45) is 11.3 Å². The topological polar surface area (TPSA) is 70.2 Å². The Morgan fingerprint density at radius 2 is 1.96 bits per heavy atom. The lowest BCUT2D eigenvalue weighted by molar-refractivity contribution is -0.126. The van der Waals surface area contributed by atoms with E-state index in [2.05, 4.69) is 39.3 Å². The Balaban J connectivity index is 1.33. The minimum atomic E-state index is 0.157. The molecule has 1 saturated heterocycles. The molecule has 2 aliphatic rings. The molecule has 0 radical (unpaired) electrons. The van der Waals surface area contributed by atoms with Crippen LogP contribution in [0.3, 0.4) is 0 Å². The van der Waals surface area contributed by atoms with E-state index >= 15 is 0 Å². The molecule has 138 valence electrons. The van der Waals surface area contributed by atoms with Gasteiger partial charge in [-0.3, -0.25) is 4.79 Å². The van der Waals surface area contributed by atoms with Crippen molar-refractivity contribution < 1.29 is 4.79 Å². The van der Waals surface area contributed by atoms with E-state index in [9.17, 15) is 4.79 Å². The third-order valence-electron chi connectivity index (χ3n) is 5.48. The largest absolute Gasteiger partial charge is 0.355 e. The molecule has 1 aliphatic heterocycles. The summed E-state index contributed by atoms with van der Waals surface area (Å²) in [7, 11) is 0. The number of aromatic nitrogens is 2. The van der Waals surface area contributed by atoms with Gasteiger partial charge in [-0.1, -0.05) is 13.8 Å². The van der Waals surface area contributed by atoms with Gasteiger partial charge in [0.05, 0.1) is 0 Å². The number of amides is 1. The number of likely N-dealkylation sites (tertiary alicyclic amines) is 1. The van der Waals surface area contributed by atoms with Crippen LogP contribution in [-0.4, -0.2) is 53.0 Å². The van der Waals surface area contributed by atoms with Gasteiger partial charge in [0.2, 0.25) is 11.9 Å². The van der Waals surface area contributed by atoms with Crippen LogP contribution in [0, 0.1) is 11.3 Å². The zero-order chi connectivity index (χ0) is 17.7. The molecular formula is C19H31N5O. The summed E-state index contributed by atoms with van der Waals surface area (Å²) in [6.45, 7) is 8.67. The average molecular weight is 345 g/mol. The molecule has 3 rings (SSSR count). The van der Waals surface area contributed by atoms with Gasteiger partial charge in [0.1, 0.15) is 0 Å². The summed E-state index contributed by atoms with van der Waals surface area (Å²) in [5, 5.41) is 6.51. The summed E-state index contributed by atoms with van der Waals surface area (Å²) >= 11 is 0. The SMILES string of the molecule is CC1(C)CCN(CCNC(=O)C2CCC(Nc3ncccn3)CC2)C1. The Morgan fingerprint density at radius 3 is 2.60 bits per heavy atom. The van der Waals surface area contributed by atoms with E-state index in [0.29, 0.717) is 17.4 Å². The first-order chi connectivity index (χ1) is 12.0. The first-order valence-corrected chi connectivity index (χ1v) is 9.55. The van der Waals surface area contributed by atoms with Crippen LogP contribution < -0.4 is 10.6 Å². The van der Waals surface area contributed by atoms with Gasteiger partial charge >= 0.3 is 0 Å². The molecule has 1 aliphatic carbocycles. The second-order valence-corrected chi connectivity index (χ2v) is 8.25. The molecule has 0 aromatic carbocycles. The number of nitrogens with one attached hydrogen (secondary N) is 2. The number of anilines is 1. The van der Waals surface area contributed by atoms with Crippen LogP contribution >= 0.6 is 0 Å². The zero-order valence-electron chi connectivity index (χ0n) is 15.5. The highest BCUT2D eigenvalue weighted by Crippen LogP contribution is 2.28. The standard InChI is InChI=1S/C19H31N5O/c1-19(2)8-12-24(14-19)13-11-20-17(25)15-4-6-16(7-5-15)23-18-21-9-3-10-22-18/h3,9-10,15-16H,4-8,11-14H2,1-2H3,(H,20,25)(H,21,22,23). The predicted molar refractivity (Wildman–Crippen MR) is 99.2 cm³/mol. The maximum atomic E-state index is 12.4. The number of carbonyl (C=O) groups is 1. The monoisotopic (exact) mass is 345 g/mol. The molecule has 0 unspecified atom stereocenters.